The first kappa shape index (κ1) is 19.9. The summed E-state index contributed by atoms with van der Waals surface area (Å²) in [7, 11) is -3.06. The van der Waals surface area contributed by atoms with Gasteiger partial charge >= 0.3 is 0 Å². The van der Waals surface area contributed by atoms with Crippen LogP contribution in [0.15, 0.2) is 0 Å². The Hall–Kier alpha value is -0.130. The van der Waals surface area contributed by atoms with Gasteiger partial charge in [0.25, 0.3) is 0 Å². The highest BCUT2D eigenvalue weighted by Crippen LogP contribution is 2.09. The van der Waals surface area contributed by atoms with E-state index >= 15 is 0 Å². The van der Waals surface area contributed by atoms with Crippen LogP contribution in [-0.2, 0) is 10.0 Å². The summed E-state index contributed by atoms with van der Waals surface area (Å²) in [5, 5.41) is 3.32. The lowest BCUT2D eigenvalue weighted by atomic mass is 10.3. The van der Waals surface area contributed by atoms with E-state index in [1.807, 2.05) is 0 Å². The number of hydrogen-bond donors (Lipinski definition) is 1. The molecule has 20 heavy (non-hydrogen) atoms. The Bertz CT molecular complexity index is 308. The molecule has 5 heteroatoms. The quantitative estimate of drug-likeness (QED) is 0.532. The van der Waals surface area contributed by atoms with Crippen molar-refractivity contribution in [3.05, 3.63) is 0 Å². The summed E-state index contributed by atoms with van der Waals surface area (Å²) in [6.45, 7) is 10.7. The normalized spacial score (nSPS) is 12.5. The number of sulfonamides is 1. The lowest BCUT2D eigenvalue weighted by molar-refractivity contribution is 0.394. The van der Waals surface area contributed by atoms with Gasteiger partial charge in [-0.3, -0.25) is 0 Å². The predicted molar refractivity (Wildman–Crippen MR) is 87.5 cm³/mol. The van der Waals surface area contributed by atoms with Gasteiger partial charge in [-0.05, 0) is 32.2 Å². The van der Waals surface area contributed by atoms with Gasteiger partial charge < -0.3 is 5.32 Å². The van der Waals surface area contributed by atoms with Crippen molar-refractivity contribution in [1.29, 1.82) is 0 Å². The molecule has 0 aliphatic heterocycles. The number of nitrogens with one attached hydrogen (secondary N) is 1. The van der Waals surface area contributed by atoms with Crippen molar-refractivity contribution < 1.29 is 8.42 Å². The average molecular weight is 307 g/mol. The predicted octanol–water partition coefficient (Wildman–Crippen LogP) is 3.00. The summed E-state index contributed by atoms with van der Waals surface area (Å²) in [6, 6.07) is 0.470. The summed E-state index contributed by atoms with van der Waals surface area (Å²) < 4.78 is 26.4. The third kappa shape index (κ3) is 9.72. The molecule has 0 bridgehead atoms. The molecule has 0 aromatic rings. The van der Waals surface area contributed by atoms with Gasteiger partial charge in [0.15, 0.2) is 0 Å². The molecule has 0 saturated carbocycles. The van der Waals surface area contributed by atoms with E-state index in [4.69, 9.17) is 0 Å². The molecule has 0 fully saturated rings. The molecule has 0 spiro atoms. The van der Waals surface area contributed by atoms with Gasteiger partial charge in [-0.15, -0.1) is 0 Å². The topological polar surface area (TPSA) is 49.4 Å². The first-order chi connectivity index (χ1) is 9.44. The molecule has 122 valence electrons. The zero-order chi connectivity index (χ0) is 15.4. The minimum atomic E-state index is -3.06. The second-order valence-corrected chi connectivity index (χ2v) is 7.83. The Labute approximate surface area is 126 Å². The van der Waals surface area contributed by atoms with E-state index in [0.29, 0.717) is 24.9 Å². The van der Waals surface area contributed by atoms with Crippen LogP contribution in [0, 0.1) is 0 Å². The Balaban J connectivity index is 4.17. The number of rotatable bonds is 13. The molecule has 0 atom stereocenters. The molecule has 0 heterocycles. The average Bonchev–Trinajstić information content (AvgIpc) is 2.37. The summed E-state index contributed by atoms with van der Waals surface area (Å²) >= 11 is 0. The highest BCUT2D eigenvalue weighted by atomic mass is 32.2. The summed E-state index contributed by atoms with van der Waals surface area (Å²) in [6.07, 6.45) is 5.66. The van der Waals surface area contributed by atoms with Crippen LogP contribution in [0.5, 0.6) is 0 Å². The Kier molecular flexibility index (Phi) is 11.4. The molecule has 0 saturated heterocycles. The van der Waals surface area contributed by atoms with Crippen LogP contribution in [-0.4, -0.2) is 44.2 Å². The molecule has 0 aliphatic carbocycles. The molecule has 1 N–H and O–H groups in total. The van der Waals surface area contributed by atoms with Crippen molar-refractivity contribution >= 4 is 10.0 Å². The van der Waals surface area contributed by atoms with Crippen molar-refractivity contribution in [2.24, 2.45) is 0 Å². The van der Waals surface area contributed by atoms with Crippen LogP contribution in [0.4, 0.5) is 0 Å². The van der Waals surface area contributed by atoms with Gasteiger partial charge in [0.2, 0.25) is 10.0 Å². The second kappa shape index (κ2) is 11.5. The fourth-order valence-electron chi connectivity index (χ4n) is 1.99. The third-order valence-corrected chi connectivity index (χ3v) is 5.25. The highest BCUT2D eigenvalue weighted by molar-refractivity contribution is 7.89. The second-order valence-electron chi connectivity index (χ2n) is 5.74. The molecule has 0 aromatic heterocycles. The molecular formula is C15H34N2O2S. The molecule has 4 nitrogen and oxygen atoms in total. The Morgan fingerprint density at radius 2 is 1.50 bits per heavy atom. The van der Waals surface area contributed by atoms with E-state index in [2.05, 4.69) is 33.0 Å². The summed E-state index contributed by atoms with van der Waals surface area (Å²) in [4.78, 5) is 0. The van der Waals surface area contributed by atoms with Crippen LogP contribution in [0.25, 0.3) is 0 Å². The van der Waals surface area contributed by atoms with Gasteiger partial charge in [-0.1, -0.05) is 40.5 Å². The fraction of sp³-hybridized carbons (Fsp3) is 1.00. The van der Waals surface area contributed by atoms with E-state index in [1.54, 1.807) is 4.31 Å². The Morgan fingerprint density at radius 1 is 0.950 bits per heavy atom. The van der Waals surface area contributed by atoms with Crippen LogP contribution in [0.2, 0.25) is 0 Å². The molecule has 0 radical (unpaired) electrons. The minimum Gasteiger partial charge on any atom is -0.315 e. The standard InChI is InChI=1S/C15H34N2O2S/c1-5-7-12-17(13-8-6-2)20(18,19)14-10-9-11-16-15(3)4/h15-16H,5-14H2,1-4H3. The number of hydrogen-bond acceptors (Lipinski definition) is 3. The lowest BCUT2D eigenvalue weighted by Gasteiger charge is -2.22. The van der Waals surface area contributed by atoms with Crippen molar-refractivity contribution in [2.45, 2.75) is 72.3 Å². The molecule has 0 amide bonds. The molecule has 0 rings (SSSR count). The fourth-order valence-corrected chi connectivity index (χ4v) is 3.63. The van der Waals surface area contributed by atoms with E-state index in [9.17, 15) is 8.42 Å². The Morgan fingerprint density at radius 3 is 1.95 bits per heavy atom. The van der Waals surface area contributed by atoms with Gasteiger partial charge in [-0.2, -0.15) is 0 Å². The number of unbranched alkanes of at least 4 members (excludes halogenated alkanes) is 3. The minimum absolute atomic E-state index is 0.292. The first-order valence-corrected chi connectivity index (χ1v) is 9.76. The maximum Gasteiger partial charge on any atom is 0.214 e. The van der Waals surface area contributed by atoms with Gasteiger partial charge in [0.1, 0.15) is 0 Å². The van der Waals surface area contributed by atoms with Gasteiger partial charge in [-0.25, -0.2) is 12.7 Å². The highest BCUT2D eigenvalue weighted by Gasteiger charge is 2.20. The lowest BCUT2D eigenvalue weighted by Crippen LogP contribution is -2.35. The van der Waals surface area contributed by atoms with Crippen molar-refractivity contribution in [2.75, 3.05) is 25.4 Å². The van der Waals surface area contributed by atoms with Crippen LogP contribution in [0.3, 0.4) is 0 Å². The largest absolute Gasteiger partial charge is 0.315 e. The summed E-state index contributed by atoms with van der Waals surface area (Å²) in [5.74, 6) is 0.292. The number of nitrogens with zero attached hydrogens (tertiary/aromatic N) is 1. The maximum atomic E-state index is 12.3. The molecule has 0 aromatic carbocycles. The molecule has 0 unspecified atom stereocenters. The molecular weight excluding hydrogens is 272 g/mol. The zero-order valence-electron chi connectivity index (χ0n) is 13.8. The SMILES string of the molecule is CCCCN(CCCC)S(=O)(=O)CCCCNC(C)C. The van der Waals surface area contributed by atoms with Crippen LogP contribution < -0.4 is 5.32 Å². The monoisotopic (exact) mass is 306 g/mol. The third-order valence-electron chi connectivity index (χ3n) is 3.30. The van der Waals surface area contributed by atoms with Crippen molar-refractivity contribution in [3.8, 4) is 0 Å². The van der Waals surface area contributed by atoms with E-state index in [0.717, 1.165) is 45.1 Å². The van der Waals surface area contributed by atoms with E-state index in [1.165, 1.54) is 0 Å². The van der Waals surface area contributed by atoms with Gasteiger partial charge in [0.05, 0.1) is 5.75 Å². The van der Waals surface area contributed by atoms with Crippen molar-refractivity contribution in [3.63, 3.8) is 0 Å². The van der Waals surface area contributed by atoms with E-state index in [-0.39, 0.29) is 0 Å². The molecule has 0 aliphatic rings. The maximum absolute atomic E-state index is 12.3. The zero-order valence-corrected chi connectivity index (χ0v) is 14.6. The first-order valence-electron chi connectivity index (χ1n) is 8.15. The summed E-state index contributed by atoms with van der Waals surface area (Å²) in [5.41, 5.74) is 0. The van der Waals surface area contributed by atoms with E-state index < -0.39 is 10.0 Å². The van der Waals surface area contributed by atoms with Crippen molar-refractivity contribution in [1.82, 2.24) is 9.62 Å². The van der Waals surface area contributed by atoms with Crippen LogP contribution >= 0.6 is 0 Å². The smallest absolute Gasteiger partial charge is 0.214 e. The van der Waals surface area contributed by atoms with Crippen LogP contribution in [0.1, 0.15) is 66.2 Å². The van der Waals surface area contributed by atoms with Gasteiger partial charge in [0, 0.05) is 19.1 Å².